The highest BCUT2D eigenvalue weighted by molar-refractivity contribution is 5.81. The maximum absolute atomic E-state index is 13.0. The predicted octanol–water partition coefficient (Wildman–Crippen LogP) is 2.05. The van der Waals surface area contributed by atoms with Crippen LogP contribution in [0.4, 0.5) is 4.39 Å². The summed E-state index contributed by atoms with van der Waals surface area (Å²) in [6, 6.07) is 15.4. The first-order valence-corrected chi connectivity index (χ1v) is 6.97. The molecule has 0 heterocycles. The molecule has 1 amide bonds. The van der Waals surface area contributed by atoms with Crippen LogP contribution in [0.15, 0.2) is 54.6 Å². The highest BCUT2D eigenvalue weighted by Crippen LogP contribution is 2.04. The van der Waals surface area contributed by atoms with Crippen molar-refractivity contribution in [2.75, 3.05) is 6.54 Å². The number of nitrogens with one attached hydrogen (secondary N) is 1. The lowest BCUT2D eigenvalue weighted by molar-refractivity contribution is -0.122. The Balaban J connectivity index is 1.76. The second-order valence-corrected chi connectivity index (χ2v) is 4.97. The van der Waals surface area contributed by atoms with E-state index < -0.39 is 6.04 Å². The summed E-state index contributed by atoms with van der Waals surface area (Å²) in [5.41, 5.74) is 7.77. The molecule has 1 atom stereocenters. The normalized spacial score (nSPS) is 11.9. The number of rotatable bonds is 6. The van der Waals surface area contributed by atoms with Crippen LogP contribution in [-0.2, 0) is 17.6 Å². The van der Waals surface area contributed by atoms with Crippen molar-refractivity contribution < 1.29 is 9.18 Å². The fourth-order valence-electron chi connectivity index (χ4n) is 2.11. The number of halogens is 1. The lowest BCUT2D eigenvalue weighted by Gasteiger charge is -2.12. The largest absolute Gasteiger partial charge is 0.354 e. The van der Waals surface area contributed by atoms with Crippen molar-refractivity contribution in [2.24, 2.45) is 5.73 Å². The van der Waals surface area contributed by atoms with Crippen LogP contribution in [0.1, 0.15) is 11.1 Å². The van der Waals surface area contributed by atoms with Gasteiger partial charge in [0, 0.05) is 6.54 Å². The summed E-state index contributed by atoms with van der Waals surface area (Å²) in [6.45, 7) is 0.449. The molecule has 0 spiro atoms. The van der Waals surface area contributed by atoms with Crippen molar-refractivity contribution >= 4 is 5.91 Å². The van der Waals surface area contributed by atoms with E-state index in [1.807, 2.05) is 36.4 Å². The van der Waals surface area contributed by atoms with Crippen LogP contribution >= 0.6 is 0 Å². The highest BCUT2D eigenvalue weighted by atomic mass is 19.1. The molecule has 0 aliphatic carbocycles. The van der Waals surface area contributed by atoms with Crippen LogP contribution in [0.5, 0.6) is 0 Å². The Labute approximate surface area is 124 Å². The zero-order chi connectivity index (χ0) is 15.1. The van der Waals surface area contributed by atoms with Crippen LogP contribution in [0.3, 0.4) is 0 Å². The van der Waals surface area contributed by atoms with E-state index in [0.29, 0.717) is 19.4 Å². The summed E-state index contributed by atoms with van der Waals surface area (Å²) in [6.07, 6.45) is 1.09. The quantitative estimate of drug-likeness (QED) is 0.854. The molecule has 3 N–H and O–H groups in total. The van der Waals surface area contributed by atoms with Gasteiger partial charge in [-0.25, -0.2) is 4.39 Å². The average Bonchev–Trinajstić information content (AvgIpc) is 2.48. The summed E-state index contributed by atoms with van der Waals surface area (Å²) in [7, 11) is 0. The first-order valence-electron chi connectivity index (χ1n) is 6.97. The van der Waals surface area contributed by atoms with Gasteiger partial charge >= 0.3 is 0 Å². The molecule has 0 aromatic heterocycles. The number of hydrogen-bond donors (Lipinski definition) is 2. The first-order chi connectivity index (χ1) is 10.1. The number of benzene rings is 2. The number of hydrogen-bond acceptors (Lipinski definition) is 2. The molecule has 3 nitrogen and oxygen atoms in total. The smallest absolute Gasteiger partial charge is 0.237 e. The van der Waals surface area contributed by atoms with Crippen LogP contribution < -0.4 is 11.1 Å². The molecule has 4 heteroatoms. The lowest BCUT2D eigenvalue weighted by atomic mass is 10.1. The van der Waals surface area contributed by atoms with E-state index in [0.717, 1.165) is 11.1 Å². The molecule has 0 saturated carbocycles. The molecule has 0 aliphatic heterocycles. The molecule has 0 radical (unpaired) electrons. The summed E-state index contributed by atoms with van der Waals surface area (Å²) >= 11 is 0. The lowest BCUT2D eigenvalue weighted by Crippen LogP contribution is -2.42. The Morgan fingerprint density at radius 2 is 1.81 bits per heavy atom. The molecule has 21 heavy (non-hydrogen) atoms. The molecule has 2 aromatic carbocycles. The van der Waals surface area contributed by atoms with Gasteiger partial charge in [-0.2, -0.15) is 0 Å². The molecule has 110 valence electrons. The highest BCUT2D eigenvalue weighted by Gasteiger charge is 2.13. The monoisotopic (exact) mass is 286 g/mol. The molecule has 0 fully saturated rings. The fourth-order valence-corrected chi connectivity index (χ4v) is 2.11. The zero-order valence-corrected chi connectivity index (χ0v) is 11.8. The Morgan fingerprint density at radius 3 is 2.52 bits per heavy atom. The zero-order valence-electron chi connectivity index (χ0n) is 11.8. The Bertz CT molecular complexity index is 586. The minimum Gasteiger partial charge on any atom is -0.354 e. The third-order valence-electron chi connectivity index (χ3n) is 3.24. The summed E-state index contributed by atoms with van der Waals surface area (Å²) in [4.78, 5) is 11.9. The van der Waals surface area contributed by atoms with Crippen LogP contribution in [-0.4, -0.2) is 18.5 Å². The van der Waals surface area contributed by atoms with Crippen molar-refractivity contribution in [3.63, 3.8) is 0 Å². The molecule has 0 aliphatic rings. The van der Waals surface area contributed by atoms with E-state index in [-0.39, 0.29) is 11.7 Å². The van der Waals surface area contributed by atoms with E-state index in [1.165, 1.54) is 12.1 Å². The molecular formula is C17H19FN2O. The number of carbonyl (C=O) groups is 1. The maximum Gasteiger partial charge on any atom is 0.237 e. The summed E-state index contributed by atoms with van der Waals surface area (Å²) in [5, 5.41) is 2.78. The molecule has 0 saturated heterocycles. The molecule has 2 aromatic rings. The molecule has 2 rings (SSSR count). The third-order valence-corrected chi connectivity index (χ3v) is 3.24. The van der Waals surface area contributed by atoms with E-state index in [9.17, 15) is 9.18 Å². The van der Waals surface area contributed by atoms with Crippen LogP contribution in [0.2, 0.25) is 0 Å². The maximum atomic E-state index is 13.0. The van der Waals surface area contributed by atoms with Crippen LogP contribution in [0.25, 0.3) is 0 Å². The van der Waals surface area contributed by atoms with Crippen molar-refractivity contribution in [1.29, 1.82) is 0 Å². The van der Waals surface area contributed by atoms with Gasteiger partial charge in [0.25, 0.3) is 0 Å². The van der Waals surface area contributed by atoms with Gasteiger partial charge in [0.05, 0.1) is 6.04 Å². The summed E-state index contributed by atoms with van der Waals surface area (Å²) in [5.74, 6) is -0.449. The fraction of sp³-hybridized carbons (Fsp3) is 0.235. The van der Waals surface area contributed by atoms with Gasteiger partial charge in [0.2, 0.25) is 5.91 Å². The van der Waals surface area contributed by atoms with E-state index in [1.54, 1.807) is 6.07 Å². The number of nitrogens with two attached hydrogens (primary N) is 1. The van der Waals surface area contributed by atoms with Gasteiger partial charge in [-0.15, -0.1) is 0 Å². The minimum atomic E-state index is -0.570. The first kappa shape index (κ1) is 15.2. The van der Waals surface area contributed by atoms with E-state index >= 15 is 0 Å². The third kappa shape index (κ3) is 5.00. The van der Waals surface area contributed by atoms with Crippen LogP contribution in [0, 0.1) is 5.82 Å². The summed E-state index contributed by atoms with van der Waals surface area (Å²) < 4.78 is 13.0. The second kappa shape index (κ2) is 7.55. The van der Waals surface area contributed by atoms with Crippen molar-refractivity contribution in [3.05, 3.63) is 71.5 Å². The predicted molar refractivity (Wildman–Crippen MR) is 81.2 cm³/mol. The van der Waals surface area contributed by atoms with Crippen molar-refractivity contribution in [1.82, 2.24) is 5.32 Å². The van der Waals surface area contributed by atoms with Gasteiger partial charge in [0.15, 0.2) is 0 Å². The Morgan fingerprint density at radius 1 is 1.10 bits per heavy atom. The van der Waals surface area contributed by atoms with Crippen molar-refractivity contribution in [3.8, 4) is 0 Å². The van der Waals surface area contributed by atoms with Crippen molar-refractivity contribution in [2.45, 2.75) is 18.9 Å². The van der Waals surface area contributed by atoms with Gasteiger partial charge < -0.3 is 11.1 Å². The molecule has 0 bridgehead atoms. The topological polar surface area (TPSA) is 55.1 Å². The Hall–Kier alpha value is -2.20. The van der Waals surface area contributed by atoms with Gasteiger partial charge in [-0.1, -0.05) is 42.5 Å². The SMILES string of the molecule is N[C@H](Cc1ccccc1)C(=O)NCCc1cccc(F)c1. The van der Waals surface area contributed by atoms with Gasteiger partial charge in [-0.3, -0.25) is 4.79 Å². The Kier molecular flexibility index (Phi) is 5.46. The van der Waals surface area contributed by atoms with E-state index in [4.69, 9.17) is 5.73 Å². The van der Waals surface area contributed by atoms with Gasteiger partial charge in [0.1, 0.15) is 5.82 Å². The number of amides is 1. The minimum absolute atomic E-state index is 0.185. The van der Waals surface area contributed by atoms with E-state index in [2.05, 4.69) is 5.32 Å². The molecular weight excluding hydrogens is 267 g/mol. The average molecular weight is 286 g/mol. The number of carbonyl (C=O) groups excluding carboxylic acids is 1. The standard InChI is InChI=1S/C17H19FN2O/c18-15-8-4-7-14(11-15)9-10-20-17(21)16(19)12-13-5-2-1-3-6-13/h1-8,11,16H,9-10,12,19H2,(H,20,21)/t16-/m1/s1. The second-order valence-electron chi connectivity index (χ2n) is 4.97. The molecule has 0 unspecified atom stereocenters. The van der Waals surface area contributed by atoms with Gasteiger partial charge in [-0.05, 0) is 36.1 Å².